The number of rotatable bonds is 3. The van der Waals surface area contributed by atoms with Crippen molar-refractivity contribution in [2.45, 2.75) is 32.2 Å². The Kier molecular flexibility index (Phi) is 3.74. The van der Waals surface area contributed by atoms with Crippen molar-refractivity contribution >= 4 is 11.5 Å². The molecule has 4 heteroatoms. The van der Waals surface area contributed by atoms with E-state index in [1.165, 1.54) is 45.0 Å². The quantitative estimate of drug-likeness (QED) is 0.793. The Morgan fingerprint density at radius 3 is 2.70 bits per heavy atom. The molecule has 0 spiro atoms. The Morgan fingerprint density at radius 2 is 2.00 bits per heavy atom. The standard InChI is InChI=1S/C16H21FN2O/c1-12(20)15-10-13(17)4-5-16(15)19-9-6-14(11-19)18-7-2-3-8-18/h4-5,10,14H,2-3,6-9,11H2,1H3. The van der Waals surface area contributed by atoms with Crippen molar-refractivity contribution < 1.29 is 9.18 Å². The van der Waals surface area contributed by atoms with Crippen LogP contribution in [0.25, 0.3) is 0 Å². The first kappa shape index (κ1) is 13.6. The molecule has 0 amide bonds. The Hall–Kier alpha value is -1.42. The number of Topliss-reactive ketones (excluding diaryl/α,β-unsaturated/α-hetero) is 1. The lowest BCUT2D eigenvalue weighted by atomic mass is 10.1. The summed E-state index contributed by atoms with van der Waals surface area (Å²) < 4.78 is 13.3. The fraction of sp³-hybridized carbons (Fsp3) is 0.562. The highest BCUT2D eigenvalue weighted by molar-refractivity contribution is 5.99. The molecule has 1 atom stereocenters. The summed E-state index contributed by atoms with van der Waals surface area (Å²) >= 11 is 0. The molecule has 3 nitrogen and oxygen atoms in total. The van der Waals surface area contributed by atoms with E-state index in [0.29, 0.717) is 11.6 Å². The molecule has 0 aliphatic carbocycles. The lowest BCUT2D eigenvalue weighted by Crippen LogP contribution is -2.35. The van der Waals surface area contributed by atoms with Gasteiger partial charge in [-0.3, -0.25) is 9.69 Å². The SMILES string of the molecule is CC(=O)c1cc(F)ccc1N1CCC(N2CCCC2)C1. The number of carbonyl (C=O) groups is 1. The number of carbonyl (C=O) groups excluding carboxylic acids is 1. The van der Waals surface area contributed by atoms with Gasteiger partial charge in [-0.05, 0) is 57.5 Å². The minimum Gasteiger partial charge on any atom is -0.369 e. The van der Waals surface area contributed by atoms with Crippen molar-refractivity contribution in [3.05, 3.63) is 29.6 Å². The molecule has 2 aliphatic rings. The first-order valence-electron chi connectivity index (χ1n) is 7.44. The van der Waals surface area contributed by atoms with Crippen LogP contribution in [-0.4, -0.2) is 42.9 Å². The second kappa shape index (κ2) is 5.52. The molecule has 108 valence electrons. The molecule has 0 bridgehead atoms. The van der Waals surface area contributed by atoms with Gasteiger partial charge in [0.2, 0.25) is 0 Å². The minimum absolute atomic E-state index is 0.0656. The van der Waals surface area contributed by atoms with Gasteiger partial charge in [0.1, 0.15) is 5.82 Å². The zero-order valence-corrected chi connectivity index (χ0v) is 11.9. The van der Waals surface area contributed by atoms with Crippen LogP contribution < -0.4 is 4.90 Å². The number of ketones is 1. The van der Waals surface area contributed by atoms with E-state index in [-0.39, 0.29) is 11.6 Å². The number of hydrogen-bond donors (Lipinski definition) is 0. The van der Waals surface area contributed by atoms with E-state index < -0.39 is 0 Å². The van der Waals surface area contributed by atoms with Crippen molar-refractivity contribution in [1.29, 1.82) is 0 Å². The highest BCUT2D eigenvalue weighted by Gasteiger charge is 2.30. The summed E-state index contributed by atoms with van der Waals surface area (Å²) in [6, 6.07) is 5.15. The first-order chi connectivity index (χ1) is 9.65. The average Bonchev–Trinajstić information content (AvgIpc) is 3.09. The van der Waals surface area contributed by atoms with Crippen LogP contribution in [0.4, 0.5) is 10.1 Å². The summed E-state index contributed by atoms with van der Waals surface area (Å²) in [7, 11) is 0. The van der Waals surface area contributed by atoms with Gasteiger partial charge >= 0.3 is 0 Å². The topological polar surface area (TPSA) is 23.6 Å². The highest BCUT2D eigenvalue weighted by Crippen LogP contribution is 2.28. The number of benzene rings is 1. The summed E-state index contributed by atoms with van der Waals surface area (Å²) in [6.07, 6.45) is 3.73. The van der Waals surface area contributed by atoms with E-state index in [9.17, 15) is 9.18 Å². The van der Waals surface area contributed by atoms with Crippen molar-refractivity contribution in [2.75, 3.05) is 31.1 Å². The van der Waals surface area contributed by atoms with E-state index in [1.807, 2.05) is 0 Å². The fourth-order valence-corrected chi connectivity index (χ4v) is 3.43. The molecular formula is C16H21FN2O. The second-order valence-electron chi connectivity index (χ2n) is 5.85. The Morgan fingerprint density at radius 1 is 1.25 bits per heavy atom. The Labute approximate surface area is 119 Å². The van der Waals surface area contributed by atoms with Crippen molar-refractivity contribution in [2.24, 2.45) is 0 Å². The van der Waals surface area contributed by atoms with E-state index in [2.05, 4.69) is 9.80 Å². The van der Waals surface area contributed by atoms with Gasteiger partial charge < -0.3 is 4.90 Å². The zero-order chi connectivity index (χ0) is 14.1. The number of halogens is 1. The average molecular weight is 276 g/mol. The summed E-state index contributed by atoms with van der Waals surface area (Å²) in [4.78, 5) is 16.5. The van der Waals surface area contributed by atoms with Gasteiger partial charge in [-0.25, -0.2) is 4.39 Å². The largest absolute Gasteiger partial charge is 0.369 e. The number of hydrogen-bond acceptors (Lipinski definition) is 3. The van der Waals surface area contributed by atoms with Gasteiger partial charge in [0.15, 0.2) is 5.78 Å². The molecule has 0 radical (unpaired) electrons. The predicted molar refractivity (Wildman–Crippen MR) is 77.8 cm³/mol. The smallest absolute Gasteiger partial charge is 0.161 e. The third-order valence-corrected chi connectivity index (χ3v) is 4.50. The first-order valence-corrected chi connectivity index (χ1v) is 7.44. The summed E-state index contributed by atoms with van der Waals surface area (Å²) in [5.41, 5.74) is 1.40. The van der Waals surface area contributed by atoms with Crippen LogP contribution in [0.2, 0.25) is 0 Å². The van der Waals surface area contributed by atoms with Crippen LogP contribution in [0.1, 0.15) is 36.5 Å². The van der Waals surface area contributed by atoms with Gasteiger partial charge in [-0.2, -0.15) is 0 Å². The number of likely N-dealkylation sites (tertiary alicyclic amines) is 1. The third-order valence-electron chi connectivity index (χ3n) is 4.50. The maximum Gasteiger partial charge on any atom is 0.161 e. The molecule has 3 rings (SSSR count). The lowest BCUT2D eigenvalue weighted by Gasteiger charge is -2.25. The molecule has 2 fully saturated rings. The molecular weight excluding hydrogens is 255 g/mol. The van der Waals surface area contributed by atoms with Crippen LogP contribution >= 0.6 is 0 Å². The van der Waals surface area contributed by atoms with Crippen LogP contribution in [0, 0.1) is 5.82 Å². The van der Waals surface area contributed by atoms with Gasteiger partial charge in [-0.15, -0.1) is 0 Å². The monoisotopic (exact) mass is 276 g/mol. The van der Waals surface area contributed by atoms with E-state index in [4.69, 9.17) is 0 Å². The zero-order valence-electron chi connectivity index (χ0n) is 11.9. The molecule has 2 saturated heterocycles. The van der Waals surface area contributed by atoms with Gasteiger partial charge in [0.25, 0.3) is 0 Å². The van der Waals surface area contributed by atoms with Crippen molar-refractivity contribution in [1.82, 2.24) is 4.90 Å². The van der Waals surface area contributed by atoms with E-state index in [0.717, 1.165) is 25.2 Å². The molecule has 20 heavy (non-hydrogen) atoms. The number of anilines is 1. The summed E-state index contributed by atoms with van der Waals surface area (Å²) in [5, 5.41) is 0. The highest BCUT2D eigenvalue weighted by atomic mass is 19.1. The molecule has 2 aliphatic heterocycles. The minimum atomic E-state index is -0.339. The summed E-state index contributed by atoms with van der Waals surface area (Å²) in [5.74, 6) is -0.404. The van der Waals surface area contributed by atoms with Crippen molar-refractivity contribution in [3.63, 3.8) is 0 Å². The summed E-state index contributed by atoms with van der Waals surface area (Å²) in [6.45, 7) is 5.80. The van der Waals surface area contributed by atoms with E-state index >= 15 is 0 Å². The second-order valence-corrected chi connectivity index (χ2v) is 5.85. The van der Waals surface area contributed by atoms with Crippen LogP contribution in [0.3, 0.4) is 0 Å². The van der Waals surface area contributed by atoms with Crippen molar-refractivity contribution in [3.8, 4) is 0 Å². The Bertz CT molecular complexity index is 511. The number of nitrogens with zero attached hydrogens (tertiary/aromatic N) is 2. The van der Waals surface area contributed by atoms with Crippen LogP contribution in [-0.2, 0) is 0 Å². The molecule has 2 heterocycles. The van der Waals surface area contributed by atoms with Crippen LogP contribution in [0.5, 0.6) is 0 Å². The molecule has 0 N–H and O–H groups in total. The van der Waals surface area contributed by atoms with Crippen LogP contribution in [0.15, 0.2) is 18.2 Å². The normalized spacial score (nSPS) is 23.5. The Balaban J connectivity index is 1.78. The molecule has 1 aromatic carbocycles. The van der Waals surface area contributed by atoms with E-state index in [1.54, 1.807) is 6.07 Å². The predicted octanol–water partition coefficient (Wildman–Crippen LogP) is 2.70. The third kappa shape index (κ3) is 2.57. The lowest BCUT2D eigenvalue weighted by molar-refractivity contribution is 0.101. The molecule has 0 aromatic heterocycles. The maximum absolute atomic E-state index is 13.3. The van der Waals surface area contributed by atoms with Gasteiger partial charge in [0.05, 0.1) is 0 Å². The fourth-order valence-electron chi connectivity index (χ4n) is 3.43. The molecule has 1 unspecified atom stereocenters. The molecule has 0 saturated carbocycles. The molecule has 1 aromatic rings. The van der Waals surface area contributed by atoms with Gasteiger partial charge in [0, 0.05) is 30.4 Å². The maximum atomic E-state index is 13.3. The van der Waals surface area contributed by atoms with Gasteiger partial charge in [-0.1, -0.05) is 0 Å².